The third-order valence-corrected chi connectivity index (χ3v) is 31.8. The Bertz CT molecular complexity index is 6810. The Morgan fingerprint density at radius 2 is 0.540 bits per heavy atom. The normalized spacial score (nSPS) is 15.5. The van der Waals surface area contributed by atoms with E-state index in [0.29, 0.717) is 22.5 Å². The van der Waals surface area contributed by atoms with E-state index in [1.165, 1.54) is 138 Å². The van der Waals surface area contributed by atoms with Crippen molar-refractivity contribution in [3.63, 3.8) is 0 Å². The molecule has 16 aromatic carbocycles. The van der Waals surface area contributed by atoms with Crippen molar-refractivity contribution in [3.8, 4) is 66.8 Å². The zero-order valence-corrected chi connectivity index (χ0v) is 66.3. The van der Waals surface area contributed by atoms with Gasteiger partial charge in [-0.1, -0.05) is 371 Å². The lowest BCUT2D eigenvalue weighted by Gasteiger charge is -2.50. The molecule has 0 amide bonds. The van der Waals surface area contributed by atoms with Crippen molar-refractivity contribution in [2.24, 2.45) is 0 Å². The largest absolute Gasteiger partial charge is 0.311 e. The summed E-state index contributed by atoms with van der Waals surface area (Å²) < 4.78 is 87.5. The van der Waals surface area contributed by atoms with Crippen LogP contribution in [0.1, 0.15) is 45.6 Å². The fraction of sp³-hybridized carbons (Fsp3) is 0.0857. The molecule has 6 aliphatic heterocycles. The van der Waals surface area contributed by atoms with Crippen LogP contribution in [0.3, 0.4) is 0 Å². The van der Waals surface area contributed by atoms with E-state index in [4.69, 9.17) is 13.7 Å². The summed E-state index contributed by atoms with van der Waals surface area (Å²) in [5, 5.41) is 5.67. The highest BCUT2D eigenvalue weighted by Gasteiger charge is 2.55. The average molecular weight is 1490 g/mol. The van der Waals surface area contributed by atoms with Crippen LogP contribution in [0.2, 0.25) is 26.2 Å². The van der Waals surface area contributed by atoms with Crippen molar-refractivity contribution in [1.29, 1.82) is 0 Å². The predicted octanol–water partition coefficient (Wildman–Crippen LogP) is 21.4. The molecule has 6 aliphatic rings. The van der Waals surface area contributed by atoms with Crippen LogP contribution in [0.5, 0.6) is 0 Å². The first kappa shape index (κ1) is 58.2. The van der Waals surface area contributed by atoms with Crippen LogP contribution in [-0.2, 0) is 5.41 Å². The van der Waals surface area contributed by atoms with Crippen LogP contribution < -0.4 is 73.1 Å². The minimum atomic E-state index is -2.53. The molecule has 0 atom stereocenters. The summed E-state index contributed by atoms with van der Waals surface area (Å²) >= 11 is 0. The summed E-state index contributed by atoms with van der Waals surface area (Å²) in [7, 11) is -4.78. The predicted molar refractivity (Wildman–Crippen MR) is 490 cm³/mol. The molecular weight excluding hydrogens is 1390 g/mol. The van der Waals surface area contributed by atoms with Gasteiger partial charge in [0.05, 0.1) is 36.5 Å². The molecule has 0 radical (unpaired) electrons. The van der Waals surface area contributed by atoms with Gasteiger partial charge in [0.25, 0.3) is 13.4 Å². The highest BCUT2D eigenvalue weighted by Crippen LogP contribution is 2.55. The summed E-state index contributed by atoms with van der Waals surface area (Å²) in [6.07, 6.45) is 0. The van der Waals surface area contributed by atoms with Crippen LogP contribution in [-0.4, -0.2) is 29.6 Å². The Kier molecular flexibility index (Phi) is 13.5. The van der Waals surface area contributed by atoms with Gasteiger partial charge in [0.15, 0.2) is 0 Å². The molecule has 0 spiro atoms. The van der Waals surface area contributed by atoms with Gasteiger partial charge >= 0.3 is 0 Å². The number of hydrogen-bond acceptors (Lipinski definition) is 4. The Morgan fingerprint density at radius 1 is 0.257 bits per heavy atom. The Morgan fingerprint density at radius 3 is 0.929 bits per heavy atom. The number of anilines is 12. The molecule has 0 aliphatic carbocycles. The average Bonchev–Trinajstić information content (AvgIpc) is 0.673. The lowest BCUT2D eigenvalue weighted by atomic mass is 9.33. The van der Waals surface area contributed by atoms with Crippen LogP contribution >= 0.6 is 0 Å². The molecule has 0 fully saturated rings. The molecule has 0 unspecified atom stereocenters. The molecule has 0 saturated carbocycles. The van der Waals surface area contributed by atoms with Gasteiger partial charge < -0.3 is 19.6 Å². The zero-order valence-electron chi connectivity index (χ0n) is 74.3. The maximum atomic E-state index is 9.10. The molecule has 4 nitrogen and oxygen atoms in total. The third-order valence-electron chi connectivity index (χ3n) is 24.7. The van der Waals surface area contributed by atoms with Gasteiger partial charge in [0.1, 0.15) is 16.1 Å². The van der Waals surface area contributed by atoms with E-state index in [1.54, 1.807) is 0 Å². The Balaban J connectivity index is 0.000000151. The summed E-state index contributed by atoms with van der Waals surface area (Å²) in [6, 6.07) is 106. The van der Waals surface area contributed by atoms with Crippen LogP contribution in [0, 0.1) is 6.92 Å². The molecule has 0 aromatic heterocycles. The van der Waals surface area contributed by atoms with E-state index in [-0.39, 0.29) is 54.1 Å². The number of nitrogens with zero attached hydrogens (tertiary/aromatic N) is 4. The van der Waals surface area contributed by atoms with E-state index < -0.39 is 52.4 Å². The fourth-order valence-electron chi connectivity index (χ4n) is 19.7. The van der Waals surface area contributed by atoms with Gasteiger partial charge in [0, 0.05) is 78.9 Å². The molecule has 538 valence electrons. The number of hydrogen-bond donors (Lipinski definition) is 0. The van der Waals surface area contributed by atoms with Gasteiger partial charge in [-0.3, -0.25) is 0 Å². The van der Waals surface area contributed by atoms with E-state index in [9.17, 15) is 0 Å². The van der Waals surface area contributed by atoms with Crippen molar-refractivity contribution in [1.82, 2.24) is 0 Å². The first-order valence-electron chi connectivity index (χ1n) is 44.2. The quantitative estimate of drug-likeness (QED) is 0.127. The minimum absolute atomic E-state index is 0.0872. The number of para-hydroxylation sites is 4. The molecule has 0 saturated heterocycles. The van der Waals surface area contributed by atoms with Crippen molar-refractivity contribution in [2.75, 3.05) is 19.6 Å². The monoisotopic (exact) mass is 1490 g/mol. The zero-order chi connectivity index (χ0) is 84.9. The second kappa shape index (κ2) is 26.2. The first-order valence-corrected chi connectivity index (χ1v) is 45.2. The van der Waals surface area contributed by atoms with Crippen molar-refractivity contribution < 1.29 is 13.7 Å². The van der Waals surface area contributed by atoms with E-state index in [0.717, 1.165) is 28.2 Å². The number of rotatable bonds is 10. The summed E-state index contributed by atoms with van der Waals surface area (Å²) in [5.74, 6) is 0. The molecule has 16 aromatic rings. The van der Waals surface area contributed by atoms with Gasteiger partial charge in [-0.15, -0.1) is 0 Å². The molecule has 8 heteroatoms. The lowest BCUT2D eigenvalue weighted by Crippen LogP contribution is -2.79. The van der Waals surface area contributed by atoms with Crippen LogP contribution in [0.25, 0.3) is 66.8 Å². The summed E-state index contributed by atoms with van der Waals surface area (Å²) in [5.41, 5.74) is 33.3. The van der Waals surface area contributed by atoms with Crippen LogP contribution in [0.15, 0.2) is 364 Å². The van der Waals surface area contributed by atoms with E-state index in [1.807, 2.05) is 54.6 Å². The van der Waals surface area contributed by atoms with Gasteiger partial charge in [0.2, 0.25) is 0 Å². The Hall–Kier alpha value is -12.7. The number of aryl methyl sites for hydroxylation is 1. The smallest absolute Gasteiger partial charge is 0.251 e. The second-order valence-corrected chi connectivity index (χ2v) is 41.4. The SMILES string of the molecule is Cc1cc2c3c(c1)N(c1c(-c4ccccc4)cccc1-c1ccccc1)c1cccc4c1B3c1c(cccc1[Si]4(C)C)N2c1c(-c2ccccc2)cccc1-c1ccccc1.[2H]c1c([2H])c([2H])c(-c2ccccc2N2c3cccc4c3B3c5c2cccc5[Si](C)(C)c2cc(C(C)(C)C)cc(c23)N4c2ccccc2-c2c([2H])c([2H])c([2H])c([2H])c2[2H])c([2H])c1[2H]. The molecule has 0 N–H and O–H groups in total. The standard InChI is InChI=1S/C57H43BN2Si.C48H41BN2Si/c1-38-36-49-53-50(37-38)60(57-45(41-24-12-6-13-25-41)30-17-31-46(57)42-26-14-7-15-27-42)48-33-19-35-52-55(48)58(53)54-47(32-18-34-51(54)61(52,2)3)59(49)56-43(39-20-8-4-9-21-39)28-16-29-44(56)40-22-10-5-11-23-40;1-48(2,3)34-30-42-47-44(31-34)52(4,5)43-29-17-28-41-46(43)49(47)45-39(50(41)37-24-14-12-22-35(37)32-18-8-6-9-19-32)26-16-27-40(45)51(42)38-25-15-13-23-36(38)33-20-10-7-11-21-33/h4-37H,1-3H3;6-31H,1-5H3/i;6D,7D,8D,9D,10D,11D,18D,19D,20D,21D. The fourth-order valence-corrected chi connectivity index (χ4v) is 26.1. The minimum Gasteiger partial charge on any atom is -0.311 e. The van der Waals surface area contributed by atoms with Crippen molar-refractivity contribution >= 4 is 151 Å². The van der Waals surface area contributed by atoms with Gasteiger partial charge in [-0.25, -0.2) is 0 Å². The summed E-state index contributed by atoms with van der Waals surface area (Å²) in [4.78, 5) is 9.74. The summed E-state index contributed by atoms with van der Waals surface area (Å²) in [6.45, 7) is 18.8. The highest BCUT2D eigenvalue weighted by atomic mass is 28.3. The lowest BCUT2D eigenvalue weighted by molar-refractivity contribution is 0.591. The van der Waals surface area contributed by atoms with Crippen molar-refractivity contribution in [3.05, 3.63) is 375 Å². The highest BCUT2D eigenvalue weighted by molar-refractivity contribution is 7.17. The molecule has 0 bridgehead atoms. The maximum absolute atomic E-state index is 9.10. The molecular formula is C105H84B2N4Si2. The first-order chi connectivity index (χ1) is 59.4. The second-order valence-electron chi connectivity index (χ2n) is 32.7. The van der Waals surface area contributed by atoms with E-state index >= 15 is 0 Å². The Labute approximate surface area is 681 Å². The van der Waals surface area contributed by atoms with Crippen molar-refractivity contribution in [2.45, 2.75) is 59.3 Å². The molecule has 6 heterocycles. The molecule has 113 heavy (non-hydrogen) atoms. The third kappa shape index (κ3) is 10.5. The van der Waals surface area contributed by atoms with Gasteiger partial charge in [-0.05, 0) is 150 Å². The molecule has 22 rings (SSSR count). The van der Waals surface area contributed by atoms with Crippen LogP contribution in [0.4, 0.5) is 68.2 Å². The van der Waals surface area contributed by atoms with E-state index in [2.05, 4.69) is 322 Å². The topological polar surface area (TPSA) is 13.0 Å². The number of benzene rings is 16. The maximum Gasteiger partial charge on any atom is 0.251 e. The van der Waals surface area contributed by atoms with Gasteiger partial charge in [-0.2, -0.15) is 0 Å².